The first-order chi connectivity index (χ1) is 17.9. The van der Waals surface area contributed by atoms with Crippen molar-refractivity contribution in [2.45, 2.75) is 111 Å². The fourth-order valence-corrected chi connectivity index (χ4v) is 6.62. The van der Waals surface area contributed by atoms with Crippen molar-refractivity contribution in [3.63, 3.8) is 0 Å². The molecule has 0 aromatic heterocycles. The van der Waals surface area contributed by atoms with Gasteiger partial charge in [0.25, 0.3) is 0 Å². The zero-order chi connectivity index (χ0) is 28.3. The molecule has 3 rings (SSSR count). The Hall–Kier alpha value is -2.45. The molecule has 0 aromatic rings. The first kappa shape index (κ1) is 30.1. The molecule has 2 fully saturated rings. The number of unbranched alkanes of at least 4 members (excludes halogenated alkanes) is 2. The van der Waals surface area contributed by atoms with E-state index in [1.54, 1.807) is 12.2 Å². The van der Waals surface area contributed by atoms with E-state index >= 15 is 0 Å². The molecular formula is C30H44O8. The second kappa shape index (κ2) is 12.2. The summed E-state index contributed by atoms with van der Waals surface area (Å²) >= 11 is 0. The Kier molecular flexibility index (Phi) is 9.63. The Morgan fingerprint density at radius 2 is 1.82 bits per heavy atom. The van der Waals surface area contributed by atoms with Gasteiger partial charge in [-0.2, -0.15) is 0 Å². The van der Waals surface area contributed by atoms with Crippen LogP contribution in [-0.4, -0.2) is 47.8 Å². The molecule has 8 nitrogen and oxygen atoms in total. The first-order valence-electron chi connectivity index (χ1n) is 13.8. The van der Waals surface area contributed by atoms with Gasteiger partial charge in [-0.15, -0.1) is 0 Å². The van der Waals surface area contributed by atoms with Gasteiger partial charge in [0.05, 0.1) is 11.5 Å². The number of hydrogen-bond donors (Lipinski definition) is 1. The zero-order valence-corrected chi connectivity index (χ0v) is 23.7. The summed E-state index contributed by atoms with van der Waals surface area (Å²) in [6.45, 7) is 14.8. The van der Waals surface area contributed by atoms with E-state index in [1.165, 1.54) is 13.8 Å². The molecule has 1 saturated heterocycles. The highest BCUT2D eigenvalue weighted by Gasteiger charge is 2.71. The van der Waals surface area contributed by atoms with Crippen molar-refractivity contribution in [3.8, 4) is 0 Å². The van der Waals surface area contributed by atoms with E-state index in [0.717, 1.165) is 24.8 Å². The third-order valence-electron chi connectivity index (χ3n) is 8.85. The van der Waals surface area contributed by atoms with E-state index in [1.807, 2.05) is 6.92 Å². The summed E-state index contributed by atoms with van der Waals surface area (Å²) in [5.41, 5.74) is -0.0331. The smallest absolute Gasteiger partial charge is 0.306 e. The van der Waals surface area contributed by atoms with Crippen LogP contribution >= 0.6 is 0 Å². The molecule has 38 heavy (non-hydrogen) atoms. The molecule has 8 heteroatoms. The molecule has 0 amide bonds. The maximum atomic E-state index is 12.7. The monoisotopic (exact) mass is 532 g/mol. The highest BCUT2D eigenvalue weighted by molar-refractivity contribution is 5.70. The zero-order valence-electron chi connectivity index (χ0n) is 23.7. The van der Waals surface area contributed by atoms with Gasteiger partial charge in [-0.05, 0) is 55.9 Å². The summed E-state index contributed by atoms with van der Waals surface area (Å²) in [5.74, 6) is -1.67. The van der Waals surface area contributed by atoms with Crippen LogP contribution in [0.15, 0.2) is 36.0 Å². The minimum atomic E-state index is -1.17. The van der Waals surface area contributed by atoms with Crippen molar-refractivity contribution < 1.29 is 38.4 Å². The summed E-state index contributed by atoms with van der Waals surface area (Å²) in [6.07, 6.45) is 6.32. The number of allylic oxidation sites excluding steroid dienone is 3. The van der Waals surface area contributed by atoms with Gasteiger partial charge in [0, 0.05) is 25.8 Å². The van der Waals surface area contributed by atoms with Crippen molar-refractivity contribution in [3.05, 3.63) is 36.0 Å². The maximum absolute atomic E-state index is 12.7. The fraction of sp³-hybridized carbons (Fsp3) is 0.700. The molecule has 1 N–H and O–H groups in total. The van der Waals surface area contributed by atoms with Crippen LogP contribution in [0.5, 0.6) is 0 Å². The summed E-state index contributed by atoms with van der Waals surface area (Å²) < 4.78 is 23.2. The van der Waals surface area contributed by atoms with Crippen LogP contribution in [0, 0.1) is 22.7 Å². The van der Waals surface area contributed by atoms with Crippen molar-refractivity contribution in [2.24, 2.45) is 22.7 Å². The third-order valence-corrected chi connectivity index (χ3v) is 8.85. The van der Waals surface area contributed by atoms with Crippen LogP contribution in [0.25, 0.3) is 0 Å². The SMILES string of the molecule is C=C/C(C)=C/C[C@@]1(C)[C@H](C)C[C@H](O)[C@]23C(=C[C@@H](OC(=O)CCCCC)C[C@@H]12)[C@@H](OC(C)=O)O[C@H]3OC(C)=O. The minimum Gasteiger partial charge on any atom is -0.458 e. The fourth-order valence-electron chi connectivity index (χ4n) is 6.62. The largest absolute Gasteiger partial charge is 0.458 e. The molecule has 1 aliphatic heterocycles. The van der Waals surface area contributed by atoms with Gasteiger partial charge in [0.2, 0.25) is 12.6 Å². The second-order valence-electron chi connectivity index (χ2n) is 11.4. The van der Waals surface area contributed by atoms with Gasteiger partial charge in [0.15, 0.2) is 0 Å². The lowest BCUT2D eigenvalue weighted by atomic mass is 9.45. The number of carbonyl (C=O) groups is 3. The van der Waals surface area contributed by atoms with Gasteiger partial charge in [0.1, 0.15) is 6.10 Å². The molecule has 0 radical (unpaired) electrons. The summed E-state index contributed by atoms with van der Waals surface area (Å²) in [7, 11) is 0. The van der Waals surface area contributed by atoms with E-state index in [2.05, 4.69) is 33.4 Å². The second-order valence-corrected chi connectivity index (χ2v) is 11.4. The predicted molar refractivity (Wildman–Crippen MR) is 141 cm³/mol. The number of ether oxygens (including phenoxy) is 4. The Morgan fingerprint density at radius 3 is 2.42 bits per heavy atom. The minimum absolute atomic E-state index is 0.0769. The first-order valence-corrected chi connectivity index (χ1v) is 13.8. The molecule has 2 aliphatic carbocycles. The molecule has 1 spiro atoms. The molecular weight excluding hydrogens is 488 g/mol. The number of esters is 3. The highest BCUT2D eigenvalue weighted by Crippen LogP contribution is 2.67. The van der Waals surface area contributed by atoms with Gasteiger partial charge < -0.3 is 19.3 Å². The van der Waals surface area contributed by atoms with Crippen LogP contribution in [0.2, 0.25) is 0 Å². The maximum Gasteiger partial charge on any atom is 0.306 e. The van der Waals surface area contributed by atoms with Crippen molar-refractivity contribution >= 4 is 17.9 Å². The summed E-state index contributed by atoms with van der Waals surface area (Å²) in [4.78, 5) is 37.0. The van der Waals surface area contributed by atoms with Crippen LogP contribution in [-0.2, 0) is 33.3 Å². The number of rotatable bonds is 10. The van der Waals surface area contributed by atoms with Gasteiger partial charge >= 0.3 is 17.9 Å². The Balaban J connectivity index is 2.14. The van der Waals surface area contributed by atoms with E-state index in [-0.39, 0.29) is 17.8 Å². The van der Waals surface area contributed by atoms with Crippen molar-refractivity contribution in [1.29, 1.82) is 0 Å². The lowest BCUT2D eigenvalue weighted by Crippen LogP contribution is -2.63. The van der Waals surface area contributed by atoms with E-state index in [4.69, 9.17) is 18.9 Å². The van der Waals surface area contributed by atoms with Crippen molar-refractivity contribution in [2.75, 3.05) is 0 Å². The summed E-state index contributed by atoms with van der Waals surface area (Å²) in [6, 6.07) is 0. The molecule has 212 valence electrons. The van der Waals surface area contributed by atoms with Crippen LogP contribution < -0.4 is 0 Å². The Labute approximate surface area is 226 Å². The molecule has 0 bridgehead atoms. The molecule has 1 heterocycles. The molecule has 0 aromatic carbocycles. The topological polar surface area (TPSA) is 108 Å². The predicted octanol–water partition coefficient (Wildman–Crippen LogP) is 5.15. The summed E-state index contributed by atoms with van der Waals surface area (Å²) in [5, 5.41) is 11.7. The van der Waals surface area contributed by atoms with Gasteiger partial charge in [-0.1, -0.05) is 57.9 Å². The van der Waals surface area contributed by atoms with Gasteiger partial charge in [-0.25, -0.2) is 0 Å². The van der Waals surface area contributed by atoms with Crippen LogP contribution in [0.3, 0.4) is 0 Å². The average molecular weight is 533 g/mol. The van der Waals surface area contributed by atoms with E-state index < -0.39 is 47.6 Å². The molecule has 1 saturated carbocycles. The van der Waals surface area contributed by atoms with E-state index in [9.17, 15) is 19.5 Å². The number of hydrogen-bond acceptors (Lipinski definition) is 8. The lowest BCUT2D eigenvalue weighted by molar-refractivity contribution is -0.254. The number of carbonyl (C=O) groups excluding carboxylic acids is 3. The normalized spacial score (nSPS) is 36.4. The van der Waals surface area contributed by atoms with E-state index in [0.29, 0.717) is 31.3 Å². The van der Waals surface area contributed by atoms with Gasteiger partial charge in [-0.3, -0.25) is 19.1 Å². The molecule has 3 aliphatic rings. The molecule has 0 unspecified atom stereocenters. The quantitative estimate of drug-likeness (QED) is 0.135. The Morgan fingerprint density at radius 1 is 1.13 bits per heavy atom. The average Bonchev–Trinajstić information content (AvgIpc) is 3.13. The van der Waals surface area contributed by atoms with Crippen molar-refractivity contribution in [1.82, 2.24) is 0 Å². The lowest BCUT2D eigenvalue weighted by Gasteiger charge is -2.60. The number of aliphatic hydroxyl groups excluding tert-OH is 1. The standard InChI is InChI=1S/C30H44O8/c1-8-10-11-12-26(34)37-22-16-23-27(35-20(5)31)38-28(36-21(6)32)30(23)24(17-22)29(7,14-13-18(3)9-2)19(4)15-25(30)33/h9,13,16,19,22,24-25,27-28,33H,2,8,10-12,14-15,17H2,1,3-7H3/b18-13+/t19-,22-,24+,25+,27+,28-,29+,30+/m1/s1. The highest BCUT2D eigenvalue weighted by atomic mass is 16.8. The van der Waals surface area contributed by atoms with Crippen LogP contribution in [0.4, 0.5) is 0 Å². The van der Waals surface area contributed by atoms with Crippen LogP contribution in [0.1, 0.15) is 86.5 Å². The molecule has 8 atom stereocenters. The Bertz CT molecular complexity index is 983. The number of aliphatic hydroxyl groups is 1. The third kappa shape index (κ3) is 5.76.